The highest BCUT2D eigenvalue weighted by Crippen LogP contribution is 2.18. The van der Waals surface area contributed by atoms with Crippen molar-refractivity contribution in [1.29, 1.82) is 0 Å². The van der Waals surface area contributed by atoms with Crippen molar-refractivity contribution in [3.8, 4) is 0 Å². The highest BCUT2D eigenvalue weighted by atomic mass is 32.2. The van der Waals surface area contributed by atoms with Gasteiger partial charge in [-0.25, -0.2) is 8.42 Å². The minimum Gasteiger partial charge on any atom is -0.276 e. The van der Waals surface area contributed by atoms with Crippen LogP contribution in [0.5, 0.6) is 0 Å². The molecule has 114 valence electrons. The van der Waals surface area contributed by atoms with Crippen molar-refractivity contribution in [1.82, 2.24) is 9.78 Å². The summed E-state index contributed by atoms with van der Waals surface area (Å²) < 4.78 is 26.4. The third-order valence-corrected chi connectivity index (χ3v) is 4.79. The molecule has 2 aromatic rings. The highest BCUT2D eigenvalue weighted by Gasteiger charge is 2.16. The van der Waals surface area contributed by atoms with Gasteiger partial charge in [0.2, 0.25) is 0 Å². The van der Waals surface area contributed by atoms with Gasteiger partial charge in [0, 0.05) is 18.8 Å². The normalized spacial score (nSPS) is 12.0. The number of aromatic nitrogens is 2. The lowest BCUT2D eigenvalue weighted by Gasteiger charge is -2.11. The van der Waals surface area contributed by atoms with Crippen LogP contribution in [0.1, 0.15) is 30.5 Å². The van der Waals surface area contributed by atoms with E-state index in [1.807, 2.05) is 24.3 Å². The van der Waals surface area contributed by atoms with Crippen molar-refractivity contribution in [3.63, 3.8) is 0 Å². The molecule has 1 heterocycles. The van der Waals surface area contributed by atoms with Crippen LogP contribution in [-0.2, 0) is 34.8 Å². The number of nitrogens with zero attached hydrogens (tertiary/aromatic N) is 2. The van der Waals surface area contributed by atoms with E-state index < -0.39 is 9.84 Å². The predicted molar refractivity (Wildman–Crippen MR) is 84.5 cm³/mol. The third-order valence-electron chi connectivity index (χ3n) is 3.27. The van der Waals surface area contributed by atoms with Gasteiger partial charge in [-0.1, -0.05) is 38.1 Å². The van der Waals surface area contributed by atoms with Gasteiger partial charge in [-0.05, 0) is 23.5 Å². The molecule has 0 bridgehead atoms. The fraction of sp³-hybridized carbons (Fsp3) is 0.438. The van der Waals surface area contributed by atoms with E-state index in [2.05, 4.69) is 18.9 Å². The van der Waals surface area contributed by atoms with Gasteiger partial charge >= 0.3 is 0 Å². The van der Waals surface area contributed by atoms with Gasteiger partial charge < -0.3 is 0 Å². The average molecular weight is 306 g/mol. The molecule has 0 aliphatic rings. The van der Waals surface area contributed by atoms with Crippen molar-refractivity contribution in [2.45, 2.75) is 31.8 Å². The first kappa shape index (κ1) is 15.8. The summed E-state index contributed by atoms with van der Waals surface area (Å²) in [5.41, 5.74) is 2.77. The molecule has 0 N–H and O–H groups in total. The van der Waals surface area contributed by atoms with Crippen LogP contribution in [0, 0.1) is 5.92 Å². The second kappa shape index (κ2) is 6.43. The van der Waals surface area contributed by atoms with Gasteiger partial charge in [0.15, 0.2) is 9.84 Å². The van der Waals surface area contributed by atoms with Gasteiger partial charge in [-0.15, -0.1) is 0 Å². The number of rotatable bonds is 6. The lowest BCUT2D eigenvalue weighted by atomic mass is 9.99. The Labute approximate surface area is 126 Å². The SMILES string of the molecule is CC(C)Cc1ccccc1CS(=O)(=O)Cc1cnn(C)c1. The van der Waals surface area contributed by atoms with Gasteiger partial charge in [-0.2, -0.15) is 5.10 Å². The molecule has 1 aromatic heterocycles. The Bertz CT molecular complexity index is 703. The topological polar surface area (TPSA) is 52.0 Å². The summed E-state index contributed by atoms with van der Waals surface area (Å²) in [6, 6.07) is 7.81. The summed E-state index contributed by atoms with van der Waals surface area (Å²) >= 11 is 0. The summed E-state index contributed by atoms with van der Waals surface area (Å²) in [5.74, 6) is 0.633. The molecule has 2 rings (SSSR count). The molecule has 21 heavy (non-hydrogen) atoms. The Balaban J connectivity index is 2.16. The molecule has 0 spiro atoms. The average Bonchev–Trinajstić information content (AvgIpc) is 2.75. The van der Waals surface area contributed by atoms with Crippen molar-refractivity contribution in [3.05, 3.63) is 53.3 Å². The molecule has 0 radical (unpaired) electrons. The number of aryl methyl sites for hydroxylation is 1. The molecule has 0 saturated carbocycles. The first-order chi connectivity index (χ1) is 9.85. The quantitative estimate of drug-likeness (QED) is 0.824. The lowest BCUT2D eigenvalue weighted by Crippen LogP contribution is -2.10. The van der Waals surface area contributed by atoms with Crippen LogP contribution in [0.15, 0.2) is 36.7 Å². The Morgan fingerprint density at radius 1 is 1.14 bits per heavy atom. The van der Waals surface area contributed by atoms with E-state index in [1.165, 1.54) is 0 Å². The van der Waals surface area contributed by atoms with E-state index in [9.17, 15) is 8.42 Å². The maximum atomic E-state index is 12.4. The third kappa shape index (κ3) is 4.70. The van der Waals surface area contributed by atoms with Gasteiger partial charge in [-0.3, -0.25) is 4.68 Å². The number of benzene rings is 1. The molecule has 0 aliphatic heterocycles. The Morgan fingerprint density at radius 2 is 1.81 bits per heavy atom. The Hall–Kier alpha value is -1.62. The van der Waals surface area contributed by atoms with E-state index in [0.29, 0.717) is 5.92 Å². The summed E-state index contributed by atoms with van der Waals surface area (Å²) in [6.07, 6.45) is 4.26. The number of hydrogen-bond donors (Lipinski definition) is 0. The summed E-state index contributed by atoms with van der Waals surface area (Å²) in [6.45, 7) is 4.28. The molecule has 1 aromatic carbocycles. The molecular weight excluding hydrogens is 284 g/mol. The smallest absolute Gasteiger partial charge is 0.158 e. The number of hydrogen-bond acceptors (Lipinski definition) is 3. The molecule has 0 atom stereocenters. The zero-order valence-corrected chi connectivity index (χ0v) is 13.6. The standard InChI is InChI=1S/C16H22N2O2S/c1-13(2)8-15-6-4-5-7-16(15)12-21(19,20)11-14-9-17-18(3)10-14/h4-7,9-10,13H,8,11-12H2,1-3H3. The van der Waals surface area contributed by atoms with Crippen molar-refractivity contribution in [2.24, 2.45) is 13.0 Å². The molecular formula is C16H22N2O2S. The van der Waals surface area contributed by atoms with Gasteiger partial charge in [0.05, 0.1) is 17.7 Å². The molecule has 4 nitrogen and oxygen atoms in total. The Kier molecular flexibility index (Phi) is 4.83. The van der Waals surface area contributed by atoms with Crippen LogP contribution in [-0.4, -0.2) is 18.2 Å². The molecule has 0 amide bonds. The van der Waals surface area contributed by atoms with Crippen LogP contribution in [0.4, 0.5) is 0 Å². The van der Waals surface area contributed by atoms with Crippen LogP contribution < -0.4 is 0 Å². The predicted octanol–water partition coefficient (Wildman–Crippen LogP) is 2.73. The van der Waals surface area contributed by atoms with Crippen molar-refractivity contribution >= 4 is 9.84 Å². The Morgan fingerprint density at radius 3 is 2.38 bits per heavy atom. The van der Waals surface area contributed by atoms with E-state index in [-0.39, 0.29) is 11.5 Å². The molecule has 0 aliphatic carbocycles. The minimum atomic E-state index is -3.19. The first-order valence-electron chi connectivity index (χ1n) is 7.10. The maximum Gasteiger partial charge on any atom is 0.158 e. The zero-order valence-electron chi connectivity index (χ0n) is 12.8. The summed E-state index contributed by atoms with van der Waals surface area (Å²) in [7, 11) is -1.40. The van der Waals surface area contributed by atoms with Crippen LogP contribution >= 0.6 is 0 Å². The largest absolute Gasteiger partial charge is 0.276 e. The lowest BCUT2D eigenvalue weighted by molar-refractivity contribution is 0.593. The highest BCUT2D eigenvalue weighted by molar-refractivity contribution is 7.89. The van der Waals surface area contributed by atoms with Crippen LogP contribution in [0.25, 0.3) is 0 Å². The van der Waals surface area contributed by atoms with E-state index in [1.54, 1.807) is 24.1 Å². The van der Waals surface area contributed by atoms with Crippen LogP contribution in [0.2, 0.25) is 0 Å². The van der Waals surface area contributed by atoms with Crippen LogP contribution in [0.3, 0.4) is 0 Å². The van der Waals surface area contributed by atoms with Gasteiger partial charge in [0.1, 0.15) is 0 Å². The summed E-state index contributed by atoms with van der Waals surface area (Å²) in [4.78, 5) is 0. The second-order valence-corrected chi connectivity index (χ2v) is 7.99. The molecule has 0 fully saturated rings. The van der Waals surface area contributed by atoms with Crippen molar-refractivity contribution in [2.75, 3.05) is 0 Å². The molecule has 5 heteroatoms. The summed E-state index contributed by atoms with van der Waals surface area (Å²) in [5, 5.41) is 4.02. The molecule has 0 unspecified atom stereocenters. The second-order valence-electron chi connectivity index (χ2n) is 5.92. The first-order valence-corrected chi connectivity index (χ1v) is 8.92. The fourth-order valence-electron chi connectivity index (χ4n) is 2.43. The molecule has 0 saturated heterocycles. The van der Waals surface area contributed by atoms with E-state index in [0.717, 1.165) is 23.1 Å². The van der Waals surface area contributed by atoms with E-state index in [4.69, 9.17) is 0 Å². The monoisotopic (exact) mass is 306 g/mol. The number of sulfone groups is 1. The zero-order chi connectivity index (χ0) is 15.5. The van der Waals surface area contributed by atoms with E-state index >= 15 is 0 Å². The fourth-order valence-corrected chi connectivity index (χ4v) is 3.94. The van der Waals surface area contributed by atoms with Crippen molar-refractivity contribution < 1.29 is 8.42 Å². The minimum absolute atomic E-state index is 0.0385. The maximum absolute atomic E-state index is 12.4. The van der Waals surface area contributed by atoms with Gasteiger partial charge in [0.25, 0.3) is 0 Å².